The number of hydrogen-bond acceptors (Lipinski definition) is 3. The van der Waals surface area contributed by atoms with Crippen LogP contribution in [0, 0.1) is 5.92 Å². The summed E-state index contributed by atoms with van der Waals surface area (Å²) in [4.78, 5) is 6.95. The van der Waals surface area contributed by atoms with Gasteiger partial charge in [0.15, 0.2) is 5.96 Å². The molecule has 0 bridgehead atoms. The average Bonchev–Trinajstić information content (AvgIpc) is 2.67. The van der Waals surface area contributed by atoms with Crippen molar-refractivity contribution in [1.82, 2.24) is 15.5 Å². The summed E-state index contributed by atoms with van der Waals surface area (Å²) in [7, 11) is 1.85. The molecule has 1 heterocycles. The number of benzene rings is 1. The minimum atomic E-state index is 0. The fourth-order valence-corrected chi connectivity index (χ4v) is 3.82. The topological polar surface area (TPSA) is 39.7 Å². The van der Waals surface area contributed by atoms with Crippen LogP contribution in [0.4, 0.5) is 0 Å². The van der Waals surface area contributed by atoms with Gasteiger partial charge in [0.2, 0.25) is 0 Å². The second-order valence-corrected chi connectivity index (χ2v) is 8.27. The molecule has 0 aromatic heterocycles. The Labute approximate surface area is 187 Å². The predicted molar refractivity (Wildman–Crippen MR) is 131 cm³/mol. The molecule has 4 nitrogen and oxygen atoms in total. The van der Waals surface area contributed by atoms with E-state index in [1.165, 1.54) is 55.7 Å². The minimum absolute atomic E-state index is 0. The molecule has 1 aromatic carbocycles. The first-order chi connectivity index (χ1) is 12.7. The lowest BCUT2D eigenvalue weighted by Crippen LogP contribution is -2.37. The molecule has 1 fully saturated rings. The summed E-state index contributed by atoms with van der Waals surface area (Å²) in [5.74, 6) is 3.01. The van der Waals surface area contributed by atoms with Crippen molar-refractivity contribution in [3.8, 4) is 0 Å². The second kappa shape index (κ2) is 14.5. The zero-order valence-electron chi connectivity index (χ0n) is 17.2. The van der Waals surface area contributed by atoms with Crippen LogP contribution in [0.3, 0.4) is 0 Å². The van der Waals surface area contributed by atoms with E-state index in [9.17, 15) is 0 Å². The molecule has 0 saturated carbocycles. The lowest BCUT2D eigenvalue weighted by molar-refractivity contribution is 0.185. The third kappa shape index (κ3) is 9.52. The summed E-state index contributed by atoms with van der Waals surface area (Å²) < 4.78 is 0. The molecule has 0 atom stereocenters. The van der Waals surface area contributed by atoms with Crippen molar-refractivity contribution in [2.75, 3.05) is 38.7 Å². The third-order valence-corrected chi connectivity index (χ3v) is 5.82. The van der Waals surface area contributed by atoms with Crippen LogP contribution < -0.4 is 10.6 Å². The van der Waals surface area contributed by atoms with Gasteiger partial charge in [-0.05, 0) is 67.8 Å². The van der Waals surface area contributed by atoms with Gasteiger partial charge in [-0.15, -0.1) is 24.0 Å². The summed E-state index contributed by atoms with van der Waals surface area (Å²) in [5, 5.41) is 6.90. The average molecular weight is 505 g/mol. The van der Waals surface area contributed by atoms with E-state index in [1.54, 1.807) is 0 Å². The van der Waals surface area contributed by atoms with Crippen molar-refractivity contribution in [3.63, 3.8) is 0 Å². The third-order valence-electron chi connectivity index (χ3n) is 5.13. The fourth-order valence-electron chi connectivity index (χ4n) is 3.32. The molecule has 1 aromatic rings. The van der Waals surface area contributed by atoms with Crippen LogP contribution in [0.1, 0.15) is 43.7 Å². The number of aliphatic imine (C=N–C) groups is 1. The van der Waals surface area contributed by atoms with E-state index < -0.39 is 0 Å². The summed E-state index contributed by atoms with van der Waals surface area (Å²) in [6.45, 7) is 7.68. The van der Waals surface area contributed by atoms with Crippen LogP contribution in [0.15, 0.2) is 29.3 Å². The van der Waals surface area contributed by atoms with Crippen molar-refractivity contribution in [1.29, 1.82) is 0 Å². The van der Waals surface area contributed by atoms with E-state index >= 15 is 0 Å². The predicted octanol–water partition coefficient (Wildman–Crippen LogP) is 4.34. The SMILES string of the molecule is CN=C(NCCCCSC)NCc1ccccc1CN1CCC(C)CC1.I. The first-order valence-electron chi connectivity index (χ1n) is 9.95. The number of halogens is 1. The maximum absolute atomic E-state index is 4.35. The Balaban J connectivity index is 0.00000364. The highest BCUT2D eigenvalue weighted by Crippen LogP contribution is 2.19. The van der Waals surface area contributed by atoms with Crippen molar-refractivity contribution < 1.29 is 0 Å². The standard InChI is InChI=1S/C21H36N4S.HI/c1-18-10-13-25(14-11-18)17-20-9-5-4-8-19(20)16-24-21(22-2)23-12-6-7-15-26-3;/h4-5,8-9,18H,6-7,10-17H2,1-3H3,(H2,22,23,24);1H. The first kappa shape index (κ1) is 24.6. The van der Waals surface area contributed by atoms with E-state index in [-0.39, 0.29) is 24.0 Å². The Morgan fingerprint density at radius 3 is 2.52 bits per heavy atom. The normalized spacial score (nSPS) is 16.0. The van der Waals surface area contributed by atoms with Gasteiger partial charge in [-0.25, -0.2) is 0 Å². The van der Waals surface area contributed by atoms with Gasteiger partial charge >= 0.3 is 0 Å². The van der Waals surface area contributed by atoms with Crippen molar-refractivity contribution in [2.45, 2.75) is 45.7 Å². The lowest BCUT2D eigenvalue weighted by Gasteiger charge is -2.30. The number of nitrogens with one attached hydrogen (secondary N) is 2. The van der Waals surface area contributed by atoms with Gasteiger partial charge < -0.3 is 10.6 Å². The summed E-state index contributed by atoms with van der Waals surface area (Å²) >= 11 is 1.91. The number of thioether (sulfide) groups is 1. The van der Waals surface area contributed by atoms with E-state index in [1.807, 2.05) is 18.8 Å². The Hall–Kier alpha value is -0.470. The van der Waals surface area contributed by atoms with Gasteiger partial charge in [-0.1, -0.05) is 31.2 Å². The molecule has 154 valence electrons. The molecule has 2 N–H and O–H groups in total. The quantitative estimate of drug-likeness (QED) is 0.227. The van der Waals surface area contributed by atoms with Gasteiger partial charge in [0, 0.05) is 26.7 Å². The number of likely N-dealkylation sites (tertiary alicyclic amines) is 1. The Morgan fingerprint density at radius 1 is 1.15 bits per heavy atom. The van der Waals surface area contributed by atoms with Crippen molar-refractivity contribution in [2.24, 2.45) is 10.9 Å². The monoisotopic (exact) mass is 504 g/mol. The molecule has 6 heteroatoms. The molecule has 2 rings (SSSR count). The second-order valence-electron chi connectivity index (χ2n) is 7.28. The van der Waals surface area contributed by atoms with Crippen LogP contribution in [-0.4, -0.2) is 49.6 Å². The number of guanidine groups is 1. The van der Waals surface area contributed by atoms with Crippen LogP contribution >= 0.6 is 35.7 Å². The molecule has 0 radical (unpaired) electrons. The van der Waals surface area contributed by atoms with Gasteiger partial charge in [-0.2, -0.15) is 11.8 Å². The number of rotatable bonds is 9. The van der Waals surface area contributed by atoms with Crippen LogP contribution in [0.5, 0.6) is 0 Å². The summed E-state index contributed by atoms with van der Waals surface area (Å²) in [6.07, 6.45) is 7.25. The zero-order chi connectivity index (χ0) is 18.6. The summed E-state index contributed by atoms with van der Waals surface area (Å²) in [5.41, 5.74) is 2.81. The number of hydrogen-bond donors (Lipinski definition) is 2. The van der Waals surface area contributed by atoms with Gasteiger partial charge in [-0.3, -0.25) is 9.89 Å². The maximum atomic E-state index is 4.35. The molecule has 27 heavy (non-hydrogen) atoms. The maximum Gasteiger partial charge on any atom is 0.191 e. The first-order valence-corrected chi connectivity index (χ1v) is 11.3. The molecule has 0 unspecified atom stereocenters. The van der Waals surface area contributed by atoms with E-state index in [2.05, 4.69) is 58.0 Å². The molecule has 1 aliphatic heterocycles. The van der Waals surface area contributed by atoms with Crippen LogP contribution in [0.25, 0.3) is 0 Å². The molecule has 1 saturated heterocycles. The molecular formula is C21H37IN4S. The van der Waals surface area contributed by atoms with Gasteiger partial charge in [0.25, 0.3) is 0 Å². The highest BCUT2D eigenvalue weighted by Gasteiger charge is 2.16. The summed E-state index contributed by atoms with van der Waals surface area (Å²) in [6, 6.07) is 8.80. The van der Waals surface area contributed by atoms with E-state index in [0.717, 1.165) is 31.5 Å². The van der Waals surface area contributed by atoms with Crippen LogP contribution in [-0.2, 0) is 13.1 Å². The van der Waals surface area contributed by atoms with E-state index in [4.69, 9.17) is 0 Å². The van der Waals surface area contributed by atoms with E-state index in [0.29, 0.717) is 0 Å². The molecule has 0 aliphatic carbocycles. The number of unbranched alkanes of at least 4 members (excludes halogenated alkanes) is 1. The Bertz CT molecular complexity index is 545. The van der Waals surface area contributed by atoms with Gasteiger partial charge in [0.1, 0.15) is 0 Å². The number of piperidine rings is 1. The van der Waals surface area contributed by atoms with Crippen molar-refractivity contribution in [3.05, 3.63) is 35.4 Å². The Morgan fingerprint density at radius 2 is 1.85 bits per heavy atom. The molecular weight excluding hydrogens is 467 g/mol. The van der Waals surface area contributed by atoms with Crippen LogP contribution in [0.2, 0.25) is 0 Å². The molecule has 0 amide bonds. The van der Waals surface area contributed by atoms with Gasteiger partial charge in [0.05, 0.1) is 0 Å². The smallest absolute Gasteiger partial charge is 0.191 e. The lowest BCUT2D eigenvalue weighted by atomic mass is 9.98. The Kier molecular flexibility index (Phi) is 13.2. The highest BCUT2D eigenvalue weighted by atomic mass is 127. The molecule has 0 spiro atoms. The zero-order valence-corrected chi connectivity index (χ0v) is 20.3. The molecule has 1 aliphatic rings. The number of nitrogens with zero attached hydrogens (tertiary/aromatic N) is 2. The van der Waals surface area contributed by atoms with Crippen molar-refractivity contribution >= 4 is 41.7 Å². The minimum Gasteiger partial charge on any atom is -0.356 e. The fraction of sp³-hybridized carbons (Fsp3) is 0.667. The highest BCUT2D eigenvalue weighted by molar-refractivity contribution is 14.0. The largest absolute Gasteiger partial charge is 0.356 e.